The number of hydrogen-bond acceptors (Lipinski definition) is 5. The Hall–Kier alpha value is -2.76. The van der Waals surface area contributed by atoms with E-state index in [2.05, 4.69) is 42.0 Å². The van der Waals surface area contributed by atoms with Crippen LogP contribution in [0.25, 0.3) is 11.5 Å². The maximum atomic E-state index is 4.46. The predicted octanol–water partition coefficient (Wildman–Crippen LogP) is 3.03. The average molecular weight is 334 g/mol. The fourth-order valence-electron chi connectivity index (χ4n) is 3.38. The zero-order valence-electron chi connectivity index (χ0n) is 14.4. The largest absolute Gasteiger partial charge is 0.357 e. The van der Waals surface area contributed by atoms with E-state index in [1.54, 1.807) is 6.33 Å². The third kappa shape index (κ3) is 3.68. The molecule has 0 amide bonds. The highest BCUT2D eigenvalue weighted by molar-refractivity contribution is 5.49. The van der Waals surface area contributed by atoms with E-state index in [1.807, 2.05) is 31.5 Å². The monoisotopic (exact) mass is 334 g/mol. The van der Waals surface area contributed by atoms with E-state index in [-0.39, 0.29) is 0 Å². The summed E-state index contributed by atoms with van der Waals surface area (Å²) in [5.41, 5.74) is 3.00. The van der Waals surface area contributed by atoms with Crippen molar-refractivity contribution in [2.45, 2.75) is 26.2 Å². The first-order valence-corrected chi connectivity index (χ1v) is 8.77. The summed E-state index contributed by atoms with van der Waals surface area (Å²) >= 11 is 0. The lowest BCUT2D eigenvalue weighted by molar-refractivity contribution is 0.399. The maximum absolute atomic E-state index is 4.46. The van der Waals surface area contributed by atoms with Crippen molar-refractivity contribution in [3.8, 4) is 11.5 Å². The van der Waals surface area contributed by atoms with E-state index >= 15 is 0 Å². The molecule has 1 aliphatic rings. The summed E-state index contributed by atoms with van der Waals surface area (Å²) < 4.78 is 0. The van der Waals surface area contributed by atoms with Crippen LogP contribution in [0.3, 0.4) is 0 Å². The molecule has 3 aromatic heterocycles. The Morgan fingerprint density at radius 2 is 2.00 bits per heavy atom. The van der Waals surface area contributed by atoms with Gasteiger partial charge < -0.3 is 9.88 Å². The van der Waals surface area contributed by atoms with E-state index in [0.29, 0.717) is 5.92 Å². The number of imidazole rings is 1. The van der Waals surface area contributed by atoms with Crippen LogP contribution in [0.5, 0.6) is 0 Å². The Bertz CT molecular complexity index is 821. The van der Waals surface area contributed by atoms with Crippen molar-refractivity contribution in [2.75, 3.05) is 18.0 Å². The predicted molar refractivity (Wildman–Crippen MR) is 97.2 cm³/mol. The van der Waals surface area contributed by atoms with Gasteiger partial charge in [-0.2, -0.15) is 0 Å². The molecule has 4 rings (SSSR count). The van der Waals surface area contributed by atoms with Crippen LogP contribution >= 0.6 is 0 Å². The molecule has 0 saturated carbocycles. The molecule has 0 aromatic carbocycles. The zero-order valence-corrected chi connectivity index (χ0v) is 14.4. The number of H-pyrrole nitrogens is 1. The van der Waals surface area contributed by atoms with Crippen LogP contribution < -0.4 is 4.90 Å². The molecule has 6 nitrogen and oxygen atoms in total. The quantitative estimate of drug-likeness (QED) is 0.794. The molecule has 1 aliphatic heterocycles. The van der Waals surface area contributed by atoms with E-state index in [0.717, 1.165) is 61.1 Å². The Kier molecular flexibility index (Phi) is 4.41. The lowest BCUT2D eigenvalue weighted by Crippen LogP contribution is -2.34. The fourth-order valence-corrected chi connectivity index (χ4v) is 3.38. The summed E-state index contributed by atoms with van der Waals surface area (Å²) in [6.45, 7) is 4.10. The molecule has 3 aromatic rings. The lowest BCUT2D eigenvalue weighted by Gasteiger charge is -2.32. The van der Waals surface area contributed by atoms with Crippen molar-refractivity contribution < 1.29 is 0 Å². The van der Waals surface area contributed by atoms with Gasteiger partial charge in [-0.15, -0.1) is 0 Å². The minimum absolute atomic E-state index is 0.654. The highest BCUT2D eigenvalue weighted by atomic mass is 15.2. The van der Waals surface area contributed by atoms with Crippen LogP contribution in [0.15, 0.2) is 43.0 Å². The highest BCUT2D eigenvalue weighted by Crippen LogP contribution is 2.24. The molecule has 6 heteroatoms. The van der Waals surface area contributed by atoms with Gasteiger partial charge >= 0.3 is 0 Å². The SMILES string of the molecule is Cc1cnc(-c2cc(CC3CCN(c4ccccn4)CC3)ncn2)[nH]1. The van der Waals surface area contributed by atoms with Crippen molar-refractivity contribution >= 4 is 5.82 Å². The van der Waals surface area contributed by atoms with Crippen LogP contribution in [0.4, 0.5) is 5.82 Å². The van der Waals surface area contributed by atoms with E-state index < -0.39 is 0 Å². The minimum Gasteiger partial charge on any atom is -0.357 e. The highest BCUT2D eigenvalue weighted by Gasteiger charge is 2.21. The van der Waals surface area contributed by atoms with Gasteiger partial charge in [0, 0.05) is 36.9 Å². The van der Waals surface area contributed by atoms with E-state index in [1.165, 1.54) is 0 Å². The first-order valence-electron chi connectivity index (χ1n) is 8.77. The van der Waals surface area contributed by atoms with Gasteiger partial charge in [0.1, 0.15) is 17.8 Å². The van der Waals surface area contributed by atoms with Crippen LogP contribution in [0.1, 0.15) is 24.2 Å². The zero-order chi connectivity index (χ0) is 17.1. The van der Waals surface area contributed by atoms with Crippen molar-refractivity contribution in [3.05, 3.63) is 54.4 Å². The summed E-state index contributed by atoms with van der Waals surface area (Å²) in [6, 6.07) is 8.16. The van der Waals surface area contributed by atoms with Gasteiger partial charge in [0.2, 0.25) is 0 Å². The molecule has 0 bridgehead atoms. The molecule has 0 atom stereocenters. The van der Waals surface area contributed by atoms with Crippen LogP contribution in [0.2, 0.25) is 0 Å². The average Bonchev–Trinajstić information content (AvgIpc) is 3.10. The number of pyridine rings is 1. The Balaban J connectivity index is 1.39. The molecule has 25 heavy (non-hydrogen) atoms. The smallest absolute Gasteiger partial charge is 0.156 e. The number of anilines is 1. The second-order valence-electron chi connectivity index (χ2n) is 6.63. The van der Waals surface area contributed by atoms with Gasteiger partial charge in [-0.25, -0.2) is 19.9 Å². The number of aryl methyl sites for hydroxylation is 1. The number of piperidine rings is 1. The molecule has 0 spiro atoms. The van der Waals surface area contributed by atoms with Gasteiger partial charge in [0.05, 0.1) is 0 Å². The van der Waals surface area contributed by atoms with Crippen molar-refractivity contribution in [1.82, 2.24) is 24.9 Å². The molecular weight excluding hydrogens is 312 g/mol. The van der Waals surface area contributed by atoms with Crippen LogP contribution in [-0.4, -0.2) is 38.0 Å². The molecule has 0 aliphatic carbocycles. The lowest BCUT2D eigenvalue weighted by atomic mass is 9.92. The Labute approximate surface area is 147 Å². The van der Waals surface area contributed by atoms with E-state index in [4.69, 9.17) is 0 Å². The molecule has 0 unspecified atom stereocenters. The van der Waals surface area contributed by atoms with Crippen LogP contribution in [-0.2, 0) is 6.42 Å². The third-order valence-corrected chi connectivity index (χ3v) is 4.75. The van der Waals surface area contributed by atoms with Gasteiger partial charge in [-0.1, -0.05) is 6.07 Å². The summed E-state index contributed by atoms with van der Waals surface area (Å²) in [5.74, 6) is 2.55. The summed E-state index contributed by atoms with van der Waals surface area (Å²) in [5, 5.41) is 0. The summed E-state index contributed by atoms with van der Waals surface area (Å²) in [7, 11) is 0. The maximum Gasteiger partial charge on any atom is 0.156 e. The van der Waals surface area contributed by atoms with Crippen molar-refractivity contribution in [1.29, 1.82) is 0 Å². The molecule has 1 fully saturated rings. The molecule has 4 heterocycles. The second-order valence-corrected chi connectivity index (χ2v) is 6.63. The summed E-state index contributed by atoms with van der Waals surface area (Å²) in [4.78, 5) is 23.2. The fraction of sp³-hybridized carbons (Fsp3) is 0.368. The number of rotatable bonds is 4. The number of aromatic nitrogens is 5. The van der Waals surface area contributed by atoms with Gasteiger partial charge in [0.25, 0.3) is 0 Å². The van der Waals surface area contributed by atoms with E-state index in [9.17, 15) is 0 Å². The topological polar surface area (TPSA) is 70.6 Å². The van der Waals surface area contributed by atoms with Crippen LogP contribution in [0, 0.1) is 12.8 Å². The number of hydrogen-bond donors (Lipinski definition) is 1. The van der Waals surface area contributed by atoms with Gasteiger partial charge in [0.15, 0.2) is 5.82 Å². The third-order valence-electron chi connectivity index (χ3n) is 4.75. The molecule has 1 N–H and O–H groups in total. The molecule has 1 saturated heterocycles. The Morgan fingerprint density at radius 3 is 2.72 bits per heavy atom. The summed E-state index contributed by atoms with van der Waals surface area (Å²) in [6.07, 6.45) is 8.65. The Morgan fingerprint density at radius 1 is 1.12 bits per heavy atom. The minimum atomic E-state index is 0.654. The van der Waals surface area contributed by atoms with Gasteiger partial charge in [-0.3, -0.25) is 0 Å². The molecular formula is C19H22N6. The van der Waals surface area contributed by atoms with Gasteiger partial charge in [-0.05, 0) is 50.3 Å². The number of aromatic amines is 1. The molecule has 0 radical (unpaired) electrons. The second kappa shape index (κ2) is 7.01. The normalized spacial score (nSPS) is 15.5. The first kappa shape index (κ1) is 15.7. The number of nitrogens with one attached hydrogen (secondary N) is 1. The first-order chi connectivity index (χ1) is 12.3. The molecule has 128 valence electrons. The number of nitrogens with zero attached hydrogens (tertiary/aromatic N) is 5. The van der Waals surface area contributed by atoms with Crippen molar-refractivity contribution in [3.63, 3.8) is 0 Å². The standard InChI is InChI=1S/C19H22N6/c1-14-12-21-19(24-14)17-11-16(22-13-23-17)10-15-5-8-25(9-6-15)18-4-2-3-7-20-18/h2-4,7,11-13,15H,5-6,8-10H2,1H3,(H,21,24). The van der Waals surface area contributed by atoms with Crippen molar-refractivity contribution in [2.24, 2.45) is 5.92 Å².